The van der Waals surface area contributed by atoms with Crippen LogP contribution < -0.4 is 5.32 Å². The summed E-state index contributed by atoms with van der Waals surface area (Å²) < 4.78 is 1.81. The molecule has 122 valence electrons. The minimum atomic E-state index is -0.463. The Kier molecular flexibility index (Phi) is 5.46. The molecule has 23 heavy (non-hydrogen) atoms. The highest BCUT2D eigenvalue weighted by Gasteiger charge is 2.15. The van der Waals surface area contributed by atoms with Gasteiger partial charge < -0.3 is 5.32 Å². The highest BCUT2D eigenvalue weighted by atomic mass is 16.6. The lowest BCUT2D eigenvalue weighted by atomic mass is 10.1. The van der Waals surface area contributed by atoms with Crippen molar-refractivity contribution in [1.82, 2.24) is 15.1 Å². The molecule has 1 amide bonds. The maximum absolute atomic E-state index is 12.2. The molecule has 0 bridgehead atoms. The number of nitro groups is 1. The van der Waals surface area contributed by atoms with Crippen molar-refractivity contribution in [3.63, 3.8) is 0 Å². The standard InChI is InChI=1S/C16H20N4O3/c1-3-15(13-10-17-19(4-2)11-13)18-16(21)9-12-6-5-7-14(8-12)20(22)23/h5-8,10-11,15H,3-4,9H2,1-2H3,(H,18,21). The summed E-state index contributed by atoms with van der Waals surface area (Å²) in [5.41, 5.74) is 1.57. The zero-order valence-electron chi connectivity index (χ0n) is 13.2. The highest BCUT2D eigenvalue weighted by molar-refractivity contribution is 5.79. The van der Waals surface area contributed by atoms with E-state index in [-0.39, 0.29) is 24.1 Å². The van der Waals surface area contributed by atoms with E-state index in [0.29, 0.717) is 5.56 Å². The minimum absolute atomic E-state index is 0.00781. The molecule has 2 aromatic rings. The minimum Gasteiger partial charge on any atom is -0.349 e. The van der Waals surface area contributed by atoms with Gasteiger partial charge in [-0.05, 0) is 18.9 Å². The third-order valence-electron chi connectivity index (χ3n) is 3.61. The molecule has 1 aromatic carbocycles. The van der Waals surface area contributed by atoms with Gasteiger partial charge in [0.2, 0.25) is 5.91 Å². The zero-order valence-corrected chi connectivity index (χ0v) is 13.2. The Labute approximate surface area is 134 Å². The molecule has 7 heteroatoms. The summed E-state index contributed by atoms with van der Waals surface area (Å²) in [4.78, 5) is 22.5. The Balaban J connectivity index is 2.02. The molecule has 7 nitrogen and oxygen atoms in total. The van der Waals surface area contributed by atoms with Crippen molar-refractivity contribution in [2.24, 2.45) is 0 Å². The number of benzene rings is 1. The number of nitro benzene ring substituents is 1. The fourth-order valence-corrected chi connectivity index (χ4v) is 2.36. The topological polar surface area (TPSA) is 90.1 Å². The van der Waals surface area contributed by atoms with Crippen LogP contribution in [0.5, 0.6) is 0 Å². The summed E-state index contributed by atoms with van der Waals surface area (Å²) in [5.74, 6) is -0.165. The van der Waals surface area contributed by atoms with Crippen LogP contribution in [0.3, 0.4) is 0 Å². The summed E-state index contributed by atoms with van der Waals surface area (Å²) in [6.45, 7) is 4.76. The van der Waals surface area contributed by atoms with Gasteiger partial charge in [0.05, 0.1) is 23.6 Å². The molecule has 0 aliphatic carbocycles. The SMILES string of the molecule is CCC(NC(=O)Cc1cccc([N+](=O)[O-])c1)c1cnn(CC)c1. The molecule has 0 saturated carbocycles. The number of rotatable bonds is 7. The van der Waals surface area contributed by atoms with Gasteiger partial charge in [-0.25, -0.2) is 0 Å². The van der Waals surface area contributed by atoms with Crippen molar-refractivity contribution in [3.05, 3.63) is 57.9 Å². The van der Waals surface area contributed by atoms with Gasteiger partial charge in [-0.15, -0.1) is 0 Å². The Hall–Kier alpha value is -2.70. The lowest BCUT2D eigenvalue weighted by Crippen LogP contribution is -2.29. The lowest BCUT2D eigenvalue weighted by Gasteiger charge is -2.15. The van der Waals surface area contributed by atoms with Crippen LogP contribution in [0.1, 0.15) is 37.4 Å². The number of amides is 1. The molecule has 1 unspecified atom stereocenters. The molecule has 1 atom stereocenters. The number of carbonyl (C=O) groups is 1. The number of aryl methyl sites for hydroxylation is 1. The molecule has 0 fully saturated rings. The Morgan fingerprint density at radius 2 is 2.22 bits per heavy atom. The molecular formula is C16H20N4O3. The summed E-state index contributed by atoms with van der Waals surface area (Å²) in [5, 5.41) is 17.9. The van der Waals surface area contributed by atoms with E-state index >= 15 is 0 Å². The number of carbonyl (C=O) groups excluding carboxylic acids is 1. The largest absolute Gasteiger partial charge is 0.349 e. The number of aromatic nitrogens is 2. The second kappa shape index (κ2) is 7.53. The molecule has 0 saturated heterocycles. The second-order valence-corrected chi connectivity index (χ2v) is 5.26. The fourth-order valence-electron chi connectivity index (χ4n) is 2.36. The number of nitrogens with zero attached hydrogens (tertiary/aromatic N) is 3. The number of hydrogen-bond acceptors (Lipinski definition) is 4. The number of hydrogen-bond donors (Lipinski definition) is 1. The van der Waals surface area contributed by atoms with E-state index in [0.717, 1.165) is 18.5 Å². The van der Waals surface area contributed by atoms with Gasteiger partial charge in [-0.1, -0.05) is 19.1 Å². The molecule has 1 heterocycles. The normalized spacial score (nSPS) is 11.9. The van der Waals surface area contributed by atoms with Crippen LogP contribution in [0.2, 0.25) is 0 Å². The zero-order chi connectivity index (χ0) is 16.8. The van der Waals surface area contributed by atoms with Crippen molar-refractivity contribution < 1.29 is 9.72 Å². The molecule has 1 N–H and O–H groups in total. The Morgan fingerprint density at radius 1 is 1.43 bits per heavy atom. The highest BCUT2D eigenvalue weighted by Crippen LogP contribution is 2.17. The average Bonchev–Trinajstić information content (AvgIpc) is 3.01. The first-order valence-corrected chi connectivity index (χ1v) is 7.58. The number of non-ortho nitro benzene ring substituents is 1. The van der Waals surface area contributed by atoms with Crippen LogP contribution in [-0.2, 0) is 17.8 Å². The quantitative estimate of drug-likeness (QED) is 0.628. The maximum atomic E-state index is 12.2. The van der Waals surface area contributed by atoms with Gasteiger partial charge in [0.1, 0.15) is 0 Å². The van der Waals surface area contributed by atoms with Crippen molar-refractivity contribution in [2.45, 2.75) is 39.3 Å². The average molecular weight is 316 g/mol. The first kappa shape index (κ1) is 16.7. The Bertz CT molecular complexity index is 696. The molecule has 0 radical (unpaired) electrons. The van der Waals surface area contributed by atoms with E-state index in [4.69, 9.17) is 0 Å². The lowest BCUT2D eigenvalue weighted by molar-refractivity contribution is -0.384. The van der Waals surface area contributed by atoms with E-state index in [2.05, 4.69) is 10.4 Å². The molecule has 2 rings (SSSR count). The van der Waals surface area contributed by atoms with Crippen LogP contribution in [0.25, 0.3) is 0 Å². The predicted molar refractivity (Wildman–Crippen MR) is 85.9 cm³/mol. The predicted octanol–water partition coefficient (Wildman–Crippen LogP) is 2.62. The van der Waals surface area contributed by atoms with E-state index in [1.807, 2.05) is 24.7 Å². The van der Waals surface area contributed by atoms with Crippen LogP contribution in [0.15, 0.2) is 36.7 Å². The first-order valence-electron chi connectivity index (χ1n) is 7.58. The van der Waals surface area contributed by atoms with Crippen molar-refractivity contribution in [3.8, 4) is 0 Å². The smallest absolute Gasteiger partial charge is 0.269 e. The molecule has 1 aromatic heterocycles. The molecule has 0 aliphatic rings. The third kappa shape index (κ3) is 4.38. The van der Waals surface area contributed by atoms with Crippen LogP contribution in [0.4, 0.5) is 5.69 Å². The van der Waals surface area contributed by atoms with Crippen LogP contribution in [0, 0.1) is 10.1 Å². The summed E-state index contributed by atoms with van der Waals surface area (Å²) >= 11 is 0. The van der Waals surface area contributed by atoms with Crippen molar-refractivity contribution in [1.29, 1.82) is 0 Å². The van der Waals surface area contributed by atoms with Crippen molar-refractivity contribution >= 4 is 11.6 Å². The molecular weight excluding hydrogens is 296 g/mol. The monoisotopic (exact) mass is 316 g/mol. The van der Waals surface area contributed by atoms with Gasteiger partial charge in [0.25, 0.3) is 5.69 Å². The van der Waals surface area contributed by atoms with E-state index in [1.165, 1.54) is 12.1 Å². The molecule has 0 spiro atoms. The van der Waals surface area contributed by atoms with E-state index in [9.17, 15) is 14.9 Å². The van der Waals surface area contributed by atoms with Crippen molar-refractivity contribution in [2.75, 3.05) is 0 Å². The van der Waals surface area contributed by atoms with Gasteiger partial charge in [0.15, 0.2) is 0 Å². The number of nitrogens with one attached hydrogen (secondary N) is 1. The summed E-state index contributed by atoms with van der Waals surface area (Å²) in [7, 11) is 0. The first-order chi connectivity index (χ1) is 11.0. The Morgan fingerprint density at radius 3 is 2.83 bits per heavy atom. The maximum Gasteiger partial charge on any atom is 0.269 e. The molecule has 0 aliphatic heterocycles. The second-order valence-electron chi connectivity index (χ2n) is 5.26. The van der Waals surface area contributed by atoms with E-state index in [1.54, 1.807) is 18.3 Å². The van der Waals surface area contributed by atoms with Gasteiger partial charge >= 0.3 is 0 Å². The van der Waals surface area contributed by atoms with Gasteiger partial charge in [-0.2, -0.15) is 5.10 Å². The van der Waals surface area contributed by atoms with Crippen LogP contribution in [-0.4, -0.2) is 20.6 Å². The van der Waals surface area contributed by atoms with Crippen LogP contribution >= 0.6 is 0 Å². The summed E-state index contributed by atoms with van der Waals surface area (Å²) in [6.07, 6.45) is 4.53. The third-order valence-corrected chi connectivity index (χ3v) is 3.61. The fraction of sp³-hybridized carbons (Fsp3) is 0.375. The van der Waals surface area contributed by atoms with Gasteiger partial charge in [0, 0.05) is 30.4 Å². The summed E-state index contributed by atoms with van der Waals surface area (Å²) in [6, 6.07) is 6.03. The van der Waals surface area contributed by atoms with Gasteiger partial charge in [-0.3, -0.25) is 19.6 Å². The van der Waals surface area contributed by atoms with E-state index < -0.39 is 4.92 Å².